The molecule has 0 saturated heterocycles. The smallest absolute Gasteiger partial charge is 0.261 e. The highest BCUT2D eigenvalue weighted by atomic mass is 32.2. The fourth-order valence-corrected chi connectivity index (χ4v) is 2.82. The van der Waals surface area contributed by atoms with Crippen LogP contribution in [0.15, 0.2) is 59.5 Å². The van der Waals surface area contributed by atoms with E-state index in [2.05, 4.69) is 4.72 Å². The van der Waals surface area contributed by atoms with Gasteiger partial charge in [0.1, 0.15) is 11.4 Å². The number of ether oxygens (including phenoxy) is 1. The molecule has 5 heteroatoms. The fourth-order valence-electron chi connectivity index (χ4n) is 1.76. The minimum Gasteiger partial charge on any atom is -0.488 e. The molecule has 0 bridgehead atoms. The molecule has 2 rings (SSSR count). The van der Waals surface area contributed by atoms with Crippen LogP contribution in [0.5, 0.6) is 5.75 Å². The van der Waals surface area contributed by atoms with Gasteiger partial charge >= 0.3 is 0 Å². The molecule has 0 atom stereocenters. The molecular weight excluding hydrogens is 286 g/mol. The van der Waals surface area contributed by atoms with Crippen molar-refractivity contribution in [3.8, 4) is 5.75 Å². The summed E-state index contributed by atoms with van der Waals surface area (Å²) >= 11 is 0. The van der Waals surface area contributed by atoms with Crippen LogP contribution in [-0.4, -0.2) is 14.0 Å². The van der Waals surface area contributed by atoms with Crippen molar-refractivity contribution in [3.05, 3.63) is 54.6 Å². The summed E-state index contributed by atoms with van der Waals surface area (Å²) in [5, 5.41) is 0. The van der Waals surface area contributed by atoms with E-state index in [0.717, 1.165) is 0 Å². The molecule has 0 heterocycles. The molecule has 0 saturated carbocycles. The average Bonchev–Trinajstić information content (AvgIpc) is 2.38. The van der Waals surface area contributed by atoms with Crippen molar-refractivity contribution >= 4 is 15.7 Å². The Labute approximate surface area is 125 Å². The van der Waals surface area contributed by atoms with Gasteiger partial charge in [0.25, 0.3) is 10.0 Å². The molecule has 21 heavy (non-hydrogen) atoms. The average molecular weight is 305 g/mol. The molecule has 0 spiro atoms. The zero-order chi connectivity index (χ0) is 15.5. The van der Waals surface area contributed by atoms with Gasteiger partial charge < -0.3 is 4.74 Å². The summed E-state index contributed by atoms with van der Waals surface area (Å²) < 4.78 is 32.7. The highest BCUT2D eigenvalue weighted by Crippen LogP contribution is 2.22. The number of nitrogens with one attached hydrogen (secondary N) is 1. The van der Waals surface area contributed by atoms with Crippen LogP contribution in [-0.2, 0) is 10.0 Å². The Kier molecular flexibility index (Phi) is 4.23. The van der Waals surface area contributed by atoms with Gasteiger partial charge in [0.05, 0.1) is 4.90 Å². The third-order valence-corrected chi connectivity index (χ3v) is 3.98. The van der Waals surface area contributed by atoms with Crippen LogP contribution < -0.4 is 9.46 Å². The first kappa shape index (κ1) is 15.4. The Morgan fingerprint density at radius 2 is 1.48 bits per heavy atom. The lowest BCUT2D eigenvalue weighted by atomic mass is 10.2. The zero-order valence-corrected chi connectivity index (χ0v) is 13.1. The summed E-state index contributed by atoms with van der Waals surface area (Å²) in [7, 11) is -3.58. The van der Waals surface area contributed by atoms with Crippen LogP contribution in [0.1, 0.15) is 20.8 Å². The number of rotatable bonds is 4. The third kappa shape index (κ3) is 4.49. The molecule has 0 radical (unpaired) electrons. The number of hydrogen-bond acceptors (Lipinski definition) is 3. The highest BCUT2D eigenvalue weighted by molar-refractivity contribution is 7.92. The van der Waals surface area contributed by atoms with E-state index >= 15 is 0 Å². The third-order valence-electron chi connectivity index (χ3n) is 2.58. The number of sulfonamides is 1. The van der Waals surface area contributed by atoms with Gasteiger partial charge in [-0.15, -0.1) is 0 Å². The topological polar surface area (TPSA) is 55.4 Å². The number of hydrogen-bond donors (Lipinski definition) is 1. The predicted molar refractivity (Wildman–Crippen MR) is 84.1 cm³/mol. The fraction of sp³-hybridized carbons (Fsp3) is 0.250. The maximum atomic E-state index is 12.2. The largest absolute Gasteiger partial charge is 0.488 e. The quantitative estimate of drug-likeness (QED) is 0.937. The van der Waals surface area contributed by atoms with Gasteiger partial charge in [-0.05, 0) is 57.2 Å². The summed E-state index contributed by atoms with van der Waals surface area (Å²) in [6, 6.07) is 15.2. The van der Waals surface area contributed by atoms with Crippen LogP contribution >= 0.6 is 0 Å². The Morgan fingerprint density at radius 1 is 0.905 bits per heavy atom. The maximum absolute atomic E-state index is 12.2. The van der Waals surface area contributed by atoms with Gasteiger partial charge in [0, 0.05) is 5.69 Å². The van der Waals surface area contributed by atoms with Gasteiger partial charge in [-0.2, -0.15) is 0 Å². The molecular formula is C16H19NO3S. The second-order valence-corrected chi connectivity index (χ2v) is 7.34. The van der Waals surface area contributed by atoms with Crippen LogP contribution in [0.25, 0.3) is 0 Å². The number of anilines is 1. The highest BCUT2D eigenvalue weighted by Gasteiger charge is 2.16. The summed E-state index contributed by atoms with van der Waals surface area (Å²) in [5.74, 6) is 0.640. The summed E-state index contributed by atoms with van der Waals surface area (Å²) in [6.07, 6.45) is 0. The Morgan fingerprint density at radius 3 is 2.00 bits per heavy atom. The van der Waals surface area contributed by atoms with Crippen molar-refractivity contribution in [1.29, 1.82) is 0 Å². The first-order chi connectivity index (χ1) is 9.76. The van der Waals surface area contributed by atoms with E-state index in [0.29, 0.717) is 11.4 Å². The van der Waals surface area contributed by atoms with Crippen molar-refractivity contribution in [2.24, 2.45) is 0 Å². The first-order valence-electron chi connectivity index (χ1n) is 6.63. The van der Waals surface area contributed by atoms with Crippen molar-refractivity contribution in [1.82, 2.24) is 0 Å². The lowest BCUT2D eigenvalue weighted by molar-refractivity contribution is 0.131. The molecule has 0 unspecified atom stereocenters. The van der Waals surface area contributed by atoms with E-state index in [1.54, 1.807) is 36.4 Å². The molecule has 0 aliphatic heterocycles. The second-order valence-electron chi connectivity index (χ2n) is 5.66. The molecule has 2 aromatic rings. The molecule has 1 N–H and O–H groups in total. The molecule has 4 nitrogen and oxygen atoms in total. The zero-order valence-electron chi connectivity index (χ0n) is 12.3. The van der Waals surface area contributed by atoms with Gasteiger partial charge in [-0.1, -0.05) is 18.2 Å². The van der Waals surface area contributed by atoms with Gasteiger partial charge in [-0.25, -0.2) is 8.42 Å². The molecule has 0 aliphatic rings. The monoisotopic (exact) mass is 305 g/mol. The Hall–Kier alpha value is -2.01. The van der Waals surface area contributed by atoms with Gasteiger partial charge in [0.15, 0.2) is 0 Å². The first-order valence-corrected chi connectivity index (χ1v) is 8.12. The number of para-hydroxylation sites is 1. The normalized spacial score (nSPS) is 12.0. The van der Waals surface area contributed by atoms with Gasteiger partial charge in [-0.3, -0.25) is 4.72 Å². The maximum Gasteiger partial charge on any atom is 0.261 e. The minimum absolute atomic E-state index is 0.201. The van der Waals surface area contributed by atoms with E-state index in [1.165, 1.54) is 12.1 Å². The summed E-state index contributed by atoms with van der Waals surface area (Å²) in [6.45, 7) is 5.82. The second kappa shape index (κ2) is 5.77. The van der Waals surface area contributed by atoms with E-state index in [1.807, 2.05) is 26.8 Å². The van der Waals surface area contributed by atoms with Crippen LogP contribution in [0, 0.1) is 0 Å². The van der Waals surface area contributed by atoms with Crippen LogP contribution in [0.2, 0.25) is 0 Å². The van der Waals surface area contributed by atoms with Crippen molar-refractivity contribution < 1.29 is 13.2 Å². The van der Waals surface area contributed by atoms with Crippen LogP contribution in [0.3, 0.4) is 0 Å². The predicted octanol–water partition coefficient (Wildman–Crippen LogP) is 3.66. The van der Waals surface area contributed by atoms with Crippen molar-refractivity contribution in [3.63, 3.8) is 0 Å². The van der Waals surface area contributed by atoms with Crippen molar-refractivity contribution in [2.45, 2.75) is 31.3 Å². The van der Waals surface area contributed by atoms with E-state index in [9.17, 15) is 8.42 Å². The van der Waals surface area contributed by atoms with E-state index < -0.39 is 10.0 Å². The summed E-state index contributed by atoms with van der Waals surface area (Å²) in [5.41, 5.74) is 0.218. The molecule has 0 aliphatic carbocycles. The molecule has 112 valence electrons. The van der Waals surface area contributed by atoms with Gasteiger partial charge in [0.2, 0.25) is 0 Å². The van der Waals surface area contributed by atoms with Crippen molar-refractivity contribution in [2.75, 3.05) is 4.72 Å². The standard InChI is InChI=1S/C16H19NO3S/c1-16(2,3)20-14-9-11-15(12-10-14)21(18,19)17-13-7-5-4-6-8-13/h4-12,17H,1-3H3. The molecule has 0 aromatic heterocycles. The lowest BCUT2D eigenvalue weighted by Gasteiger charge is -2.21. The Bertz CT molecular complexity index is 687. The molecule has 0 fully saturated rings. The van der Waals surface area contributed by atoms with E-state index in [4.69, 9.17) is 4.74 Å². The molecule has 2 aromatic carbocycles. The lowest BCUT2D eigenvalue weighted by Crippen LogP contribution is -2.23. The molecule has 0 amide bonds. The number of benzene rings is 2. The Balaban J connectivity index is 2.18. The summed E-state index contributed by atoms with van der Waals surface area (Å²) in [4.78, 5) is 0.201. The van der Waals surface area contributed by atoms with Crippen LogP contribution in [0.4, 0.5) is 5.69 Å². The minimum atomic E-state index is -3.58. The van der Waals surface area contributed by atoms with E-state index in [-0.39, 0.29) is 10.5 Å². The SMILES string of the molecule is CC(C)(C)Oc1ccc(S(=O)(=O)Nc2ccccc2)cc1.